The Hall–Kier alpha value is -0.0886. The second-order valence-corrected chi connectivity index (χ2v) is 2.73. The van der Waals surface area contributed by atoms with Gasteiger partial charge in [0.2, 0.25) is 0 Å². The van der Waals surface area contributed by atoms with Gasteiger partial charge in [0.1, 0.15) is 0 Å². The van der Waals surface area contributed by atoms with Crippen molar-refractivity contribution >= 4 is 60.4 Å². The van der Waals surface area contributed by atoms with Crippen molar-refractivity contribution < 1.29 is 30.8 Å². The fourth-order valence-corrected chi connectivity index (χ4v) is 0.572. The molecule has 0 bridgehead atoms. The smallest absolute Gasteiger partial charge is 0.876 e. The predicted molar refractivity (Wildman–Crippen MR) is 61.9 cm³/mol. The van der Waals surface area contributed by atoms with Crippen molar-refractivity contribution in [1.82, 2.24) is 0 Å². The summed E-state index contributed by atoms with van der Waals surface area (Å²) >= 11 is 0. The second-order valence-electron chi connectivity index (χ2n) is 2.73. The Morgan fingerprint density at radius 2 is 0.941 bits per heavy atom. The fourth-order valence-electron chi connectivity index (χ4n) is 0.572. The third-order valence-corrected chi connectivity index (χ3v) is 0.813. The molecule has 0 atom stereocenters. The Bertz CT molecular complexity index is 234. The number of carbonyl (C=O) groups is 2. The number of ketones is 2. The molecule has 0 fully saturated rings. The Morgan fingerprint density at radius 1 is 0.765 bits per heavy atom. The Kier molecular flexibility index (Phi) is 32.5. The molecule has 0 aromatic carbocycles. The number of allylic oxidation sites excluding steroid dienone is 4. The van der Waals surface area contributed by atoms with Gasteiger partial charge in [0.25, 0.3) is 0 Å². The first-order valence-corrected chi connectivity index (χ1v) is 3.97. The minimum absolute atomic E-state index is 0. The Morgan fingerprint density at radius 3 is 0.941 bits per heavy atom. The van der Waals surface area contributed by atoms with Crippen LogP contribution in [0.15, 0.2) is 23.7 Å². The van der Waals surface area contributed by atoms with Gasteiger partial charge in [-0.3, -0.25) is 9.59 Å². The van der Waals surface area contributed by atoms with Gasteiger partial charge in [0, 0.05) is 0 Å². The topological polar surface area (TPSA) is 143 Å². The summed E-state index contributed by atoms with van der Waals surface area (Å²) in [6.07, 6.45) is 2.11. The predicted octanol–water partition coefficient (Wildman–Crippen LogP) is -2.35. The van der Waals surface area contributed by atoms with Crippen molar-refractivity contribution in [3.05, 3.63) is 23.7 Å². The summed E-state index contributed by atoms with van der Waals surface area (Å²) in [5.41, 5.74) is 0. The van der Waals surface area contributed by atoms with E-state index in [2.05, 4.69) is 0 Å². The zero-order valence-corrected chi connectivity index (χ0v) is 14.9. The minimum atomic E-state index is -0.187. The average Bonchev–Trinajstić information content (AvgIpc) is 1.79. The molecule has 0 aliphatic rings. The molecule has 0 amide bonds. The van der Waals surface area contributed by atoms with Gasteiger partial charge in [-0.2, -0.15) is 0 Å². The standard InChI is InChI=1S/2C5H8O2.Ba.2H2O/c2*1-4(6)3-5(2)7;;;/h2*3,6H,1-2H3;;2*1H2/q;;+2;;/p-2/b2*4-3-;;;. The molecule has 0 aliphatic heterocycles. The van der Waals surface area contributed by atoms with Crippen LogP contribution >= 0.6 is 0 Å². The first-order valence-electron chi connectivity index (χ1n) is 3.97. The first-order chi connectivity index (χ1) is 6.25. The van der Waals surface area contributed by atoms with Gasteiger partial charge in [-0.05, 0) is 26.0 Å². The molecule has 0 aliphatic carbocycles. The molecular weight excluding hydrogens is 353 g/mol. The number of carbonyl (C=O) groups excluding carboxylic acids is 2. The number of rotatable bonds is 2. The van der Waals surface area contributed by atoms with E-state index in [0.29, 0.717) is 0 Å². The summed E-state index contributed by atoms with van der Waals surface area (Å²) in [6, 6.07) is 0. The molecule has 0 radical (unpaired) electrons. The molecule has 17 heavy (non-hydrogen) atoms. The van der Waals surface area contributed by atoms with Gasteiger partial charge in [-0.1, -0.05) is 13.8 Å². The molecule has 0 aromatic heterocycles. The van der Waals surface area contributed by atoms with Crippen molar-refractivity contribution in [2.45, 2.75) is 27.7 Å². The van der Waals surface area contributed by atoms with Crippen molar-refractivity contribution in [3.63, 3.8) is 0 Å². The molecule has 7 heteroatoms. The maximum absolute atomic E-state index is 9.98. The summed E-state index contributed by atoms with van der Waals surface area (Å²) in [7, 11) is 0. The quantitative estimate of drug-likeness (QED) is 0.304. The molecule has 0 heterocycles. The third kappa shape index (κ3) is 49.2. The Balaban J connectivity index is -0.0000000480. The van der Waals surface area contributed by atoms with Gasteiger partial charge in [-0.15, -0.1) is 11.5 Å². The summed E-state index contributed by atoms with van der Waals surface area (Å²) in [5.74, 6) is -0.750. The van der Waals surface area contributed by atoms with Gasteiger partial charge in [-0.25, -0.2) is 0 Å². The van der Waals surface area contributed by atoms with Crippen LogP contribution in [0.1, 0.15) is 27.7 Å². The van der Waals surface area contributed by atoms with E-state index in [1.54, 1.807) is 0 Å². The van der Waals surface area contributed by atoms with E-state index in [9.17, 15) is 19.8 Å². The van der Waals surface area contributed by atoms with E-state index in [-0.39, 0.29) is 82.9 Å². The van der Waals surface area contributed by atoms with Gasteiger partial charge in [0.15, 0.2) is 11.6 Å². The second kappa shape index (κ2) is 18.3. The molecule has 0 unspecified atom stereocenters. The zero-order valence-electron chi connectivity index (χ0n) is 10.5. The molecule has 0 aromatic rings. The van der Waals surface area contributed by atoms with Crippen LogP contribution in [0.2, 0.25) is 0 Å². The normalized spacial score (nSPS) is 9.41. The maximum atomic E-state index is 9.98. The largest absolute Gasteiger partial charge is 2.00 e. The van der Waals surface area contributed by atoms with E-state index >= 15 is 0 Å². The summed E-state index contributed by atoms with van der Waals surface area (Å²) in [5, 5.41) is 20.0. The molecule has 0 saturated carbocycles. The van der Waals surface area contributed by atoms with E-state index in [0.717, 1.165) is 12.2 Å². The molecule has 4 N–H and O–H groups in total. The van der Waals surface area contributed by atoms with E-state index in [4.69, 9.17) is 0 Å². The molecular formula is C10H18BaO6. The number of hydrogen-bond donors (Lipinski definition) is 0. The monoisotopic (exact) mass is 372 g/mol. The van der Waals surface area contributed by atoms with Gasteiger partial charge in [0.05, 0.1) is 0 Å². The first kappa shape index (κ1) is 30.2. The van der Waals surface area contributed by atoms with Crippen LogP contribution < -0.4 is 10.2 Å². The molecule has 0 rings (SSSR count). The van der Waals surface area contributed by atoms with Crippen molar-refractivity contribution in [2.75, 3.05) is 0 Å². The van der Waals surface area contributed by atoms with E-state index < -0.39 is 0 Å². The van der Waals surface area contributed by atoms with E-state index in [1.165, 1.54) is 27.7 Å². The van der Waals surface area contributed by atoms with Crippen LogP contribution in [-0.4, -0.2) is 71.4 Å². The van der Waals surface area contributed by atoms with Crippen LogP contribution in [0.3, 0.4) is 0 Å². The van der Waals surface area contributed by atoms with Crippen LogP contribution in [0, 0.1) is 0 Å². The van der Waals surface area contributed by atoms with Crippen LogP contribution in [0.25, 0.3) is 0 Å². The van der Waals surface area contributed by atoms with Crippen LogP contribution in [0.5, 0.6) is 0 Å². The SMILES string of the molecule is CC(=O)/C=C(/C)[O-].CC(=O)/C=C(/C)[O-].O.O.[Ba+2]. The summed E-state index contributed by atoms with van der Waals surface area (Å²) in [4.78, 5) is 20.0. The van der Waals surface area contributed by atoms with Crippen molar-refractivity contribution in [1.29, 1.82) is 0 Å². The van der Waals surface area contributed by atoms with Crippen molar-refractivity contribution in [3.8, 4) is 0 Å². The molecule has 0 spiro atoms. The molecule has 6 nitrogen and oxygen atoms in total. The van der Waals surface area contributed by atoms with Crippen LogP contribution in [-0.2, 0) is 9.59 Å². The van der Waals surface area contributed by atoms with Gasteiger partial charge >= 0.3 is 48.9 Å². The van der Waals surface area contributed by atoms with Crippen LogP contribution in [0.4, 0.5) is 0 Å². The van der Waals surface area contributed by atoms with E-state index in [1.807, 2.05) is 0 Å². The fraction of sp³-hybridized carbons (Fsp3) is 0.400. The van der Waals surface area contributed by atoms with Gasteiger partial charge < -0.3 is 21.2 Å². The minimum Gasteiger partial charge on any atom is -0.876 e. The average molecular weight is 372 g/mol. The Labute approximate surface area is 141 Å². The molecule has 0 saturated heterocycles. The van der Waals surface area contributed by atoms with Crippen molar-refractivity contribution in [2.24, 2.45) is 0 Å². The molecule has 96 valence electrons. The summed E-state index contributed by atoms with van der Waals surface area (Å²) in [6.45, 7) is 5.39. The summed E-state index contributed by atoms with van der Waals surface area (Å²) < 4.78 is 0. The number of hydrogen-bond acceptors (Lipinski definition) is 4. The maximum Gasteiger partial charge on any atom is 2.00 e. The third-order valence-electron chi connectivity index (χ3n) is 0.813. The zero-order chi connectivity index (χ0) is 11.7.